The average molecular weight is 369 g/mol. The van der Waals surface area contributed by atoms with Gasteiger partial charge in [0.1, 0.15) is 5.69 Å². The smallest absolute Gasteiger partial charge is 0.244 e. The molecule has 1 spiro atoms. The lowest BCUT2D eigenvalue weighted by molar-refractivity contribution is -0.139. The first-order chi connectivity index (χ1) is 13.0. The van der Waals surface area contributed by atoms with Crippen LogP contribution in [0.2, 0.25) is 0 Å². The van der Waals surface area contributed by atoms with E-state index < -0.39 is 11.8 Å². The van der Waals surface area contributed by atoms with E-state index in [2.05, 4.69) is 4.98 Å². The van der Waals surface area contributed by atoms with E-state index in [9.17, 15) is 14.4 Å². The zero-order valence-corrected chi connectivity index (χ0v) is 15.1. The van der Waals surface area contributed by atoms with E-state index >= 15 is 0 Å². The van der Waals surface area contributed by atoms with Gasteiger partial charge in [-0.05, 0) is 37.8 Å². The van der Waals surface area contributed by atoms with Crippen molar-refractivity contribution in [3.8, 4) is 0 Å². The van der Waals surface area contributed by atoms with Gasteiger partial charge in [-0.25, -0.2) is 5.48 Å². The molecule has 1 aromatic heterocycles. The van der Waals surface area contributed by atoms with Crippen LogP contribution < -0.4 is 5.48 Å². The maximum Gasteiger partial charge on any atom is 0.244 e. The van der Waals surface area contributed by atoms with Gasteiger partial charge in [-0.1, -0.05) is 17.7 Å². The van der Waals surface area contributed by atoms with E-state index in [0.29, 0.717) is 25.2 Å². The number of hydrogen-bond donors (Lipinski definition) is 2. The molecular weight excluding hydrogens is 346 g/mol. The van der Waals surface area contributed by atoms with Crippen LogP contribution in [0.15, 0.2) is 36.0 Å². The van der Waals surface area contributed by atoms with Gasteiger partial charge in [-0.3, -0.25) is 24.6 Å². The number of aromatic nitrogens is 1. The van der Waals surface area contributed by atoms with Crippen LogP contribution in [0.5, 0.6) is 0 Å². The Bertz CT molecular complexity index is 807. The van der Waals surface area contributed by atoms with E-state index in [4.69, 9.17) is 5.21 Å². The number of nitrogens with zero attached hydrogens (tertiary/aromatic N) is 2. The molecule has 2 amide bonds. The Morgan fingerprint density at radius 1 is 1.37 bits per heavy atom. The third kappa shape index (κ3) is 3.64. The van der Waals surface area contributed by atoms with Gasteiger partial charge < -0.3 is 4.90 Å². The van der Waals surface area contributed by atoms with Crippen LogP contribution in [-0.2, 0) is 9.59 Å². The van der Waals surface area contributed by atoms with Crippen molar-refractivity contribution in [3.05, 3.63) is 41.7 Å². The Hall–Kier alpha value is -2.54. The molecule has 1 aliphatic heterocycles. The average Bonchev–Trinajstić information content (AvgIpc) is 3.58. The summed E-state index contributed by atoms with van der Waals surface area (Å²) >= 11 is 0. The molecule has 1 saturated heterocycles. The fourth-order valence-electron chi connectivity index (χ4n) is 4.27. The SMILES string of the molecule is O=C(C[C@@H](CC1=CC1)C(=O)N1CCC2(C[C@@H]2C(=O)c2ccccn2)C1)NO. The number of carbonyl (C=O) groups is 3. The fourth-order valence-corrected chi connectivity index (χ4v) is 4.27. The van der Waals surface area contributed by atoms with Crippen LogP contribution in [0.4, 0.5) is 0 Å². The van der Waals surface area contributed by atoms with Crippen molar-refractivity contribution in [1.82, 2.24) is 15.4 Å². The minimum Gasteiger partial charge on any atom is -0.342 e. The highest BCUT2D eigenvalue weighted by Crippen LogP contribution is 2.59. The van der Waals surface area contributed by atoms with Crippen LogP contribution in [-0.4, -0.2) is 45.8 Å². The van der Waals surface area contributed by atoms with Crippen molar-refractivity contribution in [1.29, 1.82) is 0 Å². The van der Waals surface area contributed by atoms with Gasteiger partial charge >= 0.3 is 0 Å². The van der Waals surface area contributed by atoms with Gasteiger partial charge in [-0.15, -0.1) is 0 Å². The molecule has 2 N–H and O–H groups in total. The number of hydroxylamine groups is 1. The quantitative estimate of drug-likeness (QED) is 0.330. The summed E-state index contributed by atoms with van der Waals surface area (Å²) < 4.78 is 0. The molecule has 1 aromatic rings. The standard InChI is InChI=1S/C20H23N3O4/c24-17(22-27)10-14(9-13-4-5-13)19(26)23-8-6-20(12-23)11-15(20)18(25)16-3-1-2-7-21-16/h1-4,7,14-15,27H,5-6,8-12H2,(H,22,24)/t14-,15-,20?/m1/s1. The normalized spacial score (nSPS) is 26.5. The van der Waals surface area contributed by atoms with Gasteiger partial charge in [0, 0.05) is 37.0 Å². The topological polar surface area (TPSA) is 99.6 Å². The van der Waals surface area contributed by atoms with Gasteiger partial charge in [0.2, 0.25) is 11.8 Å². The summed E-state index contributed by atoms with van der Waals surface area (Å²) in [4.78, 5) is 43.2. The summed E-state index contributed by atoms with van der Waals surface area (Å²) in [5.41, 5.74) is 3.16. The Balaban J connectivity index is 1.40. The molecule has 1 unspecified atom stereocenters. The van der Waals surface area contributed by atoms with Crippen molar-refractivity contribution in [2.24, 2.45) is 17.3 Å². The number of carbonyl (C=O) groups excluding carboxylic acids is 3. The monoisotopic (exact) mass is 369 g/mol. The van der Waals surface area contributed by atoms with E-state index in [1.807, 2.05) is 12.1 Å². The zero-order chi connectivity index (χ0) is 19.0. The highest BCUT2D eigenvalue weighted by molar-refractivity contribution is 5.98. The molecular formula is C20H23N3O4. The second kappa shape index (κ2) is 6.88. The number of Topliss-reactive ketones (excluding diaryl/α,β-unsaturated/α-hetero) is 1. The van der Waals surface area contributed by atoms with E-state index in [0.717, 1.165) is 19.3 Å². The molecule has 27 heavy (non-hydrogen) atoms. The number of nitrogens with one attached hydrogen (secondary N) is 1. The molecule has 2 aliphatic carbocycles. The van der Waals surface area contributed by atoms with Crippen LogP contribution in [0.3, 0.4) is 0 Å². The Labute approximate surface area is 157 Å². The minimum atomic E-state index is -0.543. The second-order valence-electron chi connectivity index (χ2n) is 7.91. The molecule has 4 rings (SSSR count). The van der Waals surface area contributed by atoms with Gasteiger partial charge in [0.25, 0.3) is 0 Å². The van der Waals surface area contributed by atoms with Crippen molar-refractivity contribution in [3.63, 3.8) is 0 Å². The highest BCUT2D eigenvalue weighted by Gasteiger charge is 2.61. The number of rotatable bonds is 7. The molecule has 2 fully saturated rings. The van der Waals surface area contributed by atoms with Crippen LogP contribution >= 0.6 is 0 Å². The number of pyridine rings is 1. The number of likely N-dealkylation sites (tertiary alicyclic amines) is 1. The largest absolute Gasteiger partial charge is 0.342 e. The minimum absolute atomic E-state index is 0.0214. The molecule has 2 heterocycles. The third-order valence-electron chi connectivity index (χ3n) is 6.03. The van der Waals surface area contributed by atoms with Crippen molar-refractivity contribution in [2.45, 2.75) is 32.1 Å². The lowest BCUT2D eigenvalue weighted by Crippen LogP contribution is -2.37. The van der Waals surface area contributed by atoms with Gasteiger partial charge in [0.15, 0.2) is 5.78 Å². The predicted octanol–water partition coefficient (Wildman–Crippen LogP) is 1.73. The van der Waals surface area contributed by atoms with Crippen LogP contribution in [0.1, 0.15) is 42.6 Å². The fraction of sp³-hybridized carbons (Fsp3) is 0.500. The summed E-state index contributed by atoms with van der Waals surface area (Å²) in [5.74, 6) is -1.07. The van der Waals surface area contributed by atoms with Crippen LogP contribution in [0.25, 0.3) is 0 Å². The second-order valence-corrected chi connectivity index (χ2v) is 7.91. The summed E-state index contributed by atoms with van der Waals surface area (Å²) in [6.07, 6.45) is 6.71. The number of hydrogen-bond acceptors (Lipinski definition) is 5. The molecule has 142 valence electrons. The summed E-state index contributed by atoms with van der Waals surface area (Å²) in [6.45, 7) is 1.17. The van der Waals surface area contributed by atoms with E-state index in [1.54, 1.807) is 28.7 Å². The van der Waals surface area contributed by atoms with Crippen molar-refractivity contribution >= 4 is 17.6 Å². The molecule has 0 radical (unpaired) electrons. The first-order valence-corrected chi connectivity index (χ1v) is 9.37. The molecule has 3 atom stereocenters. The number of allylic oxidation sites excluding steroid dienone is 2. The van der Waals surface area contributed by atoms with Gasteiger partial charge in [-0.2, -0.15) is 0 Å². The Morgan fingerprint density at radius 3 is 2.85 bits per heavy atom. The summed E-state index contributed by atoms with van der Waals surface area (Å²) in [6, 6.07) is 5.33. The molecule has 1 saturated carbocycles. The van der Waals surface area contributed by atoms with E-state index in [-0.39, 0.29) is 29.4 Å². The first kappa shape index (κ1) is 17.9. The maximum atomic E-state index is 13.0. The molecule has 7 nitrogen and oxygen atoms in total. The number of ketones is 1. The van der Waals surface area contributed by atoms with Gasteiger partial charge in [0.05, 0.1) is 5.92 Å². The first-order valence-electron chi connectivity index (χ1n) is 9.37. The predicted molar refractivity (Wildman–Crippen MR) is 95.7 cm³/mol. The summed E-state index contributed by atoms with van der Waals surface area (Å²) in [7, 11) is 0. The maximum absolute atomic E-state index is 13.0. The molecule has 0 bridgehead atoms. The zero-order valence-electron chi connectivity index (χ0n) is 15.1. The Kier molecular flexibility index (Phi) is 4.55. The lowest BCUT2D eigenvalue weighted by Gasteiger charge is -2.23. The molecule has 7 heteroatoms. The van der Waals surface area contributed by atoms with Crippen molar-refractivity contribution in [2.75, 3.05) is 13.1 Å². The Morgan fingerprint density at radius 2 is 2.19 bits per heavy atom. The highest BCUT2D eigenvalue weighted by atomic mass is 16.5. The third-order valence-corrected chi connectivity index (χ3v) is 6.03. The molecule has 0 aromatic carbocycles. The lowest BCUT2D eigenvalue weighted by atomic mass is 9.97. The van der Waals surface area contributed by atoms with Crippen molar-refractivity contribution < 1.29 is 19.6 Å². The molecule has 3 aliphatic rings. The summed E-state index contributed by atoms with van der Waals surface area (Å²) in [5, 5.41) is 8.80. The van der Waals surface area contributed by atoms with E-state index in [1.165, 1.54) is 5.57 Å². The number of amides is 2. The van der Waals surface area contributed by atoms with Crippen LogP contribution in [0, 0.1) is 17.3 Å².